The zero-order valence-electron chi connectivity index (χ0n) is 15.0. The summed E-state index contributed by atoms with van der Waals surface area (Å²) in [4.78, 5) is 13.5. The van der Waals surface area contributed by atoms with Crippen molar-refractivity contribution in [3.8, 4) is 16.9 Å². The summed E-state index contributed by atoms with van der Waals surface area (Å²) in [5.41, 5.74) is 3.44. The molecule has 4 rings (SSSR count). The first-order chi connectivity index (χ1) is 13.2. The molecule has 3 nitrogen and oxygen atoms in total. The van der Waals surface area contributed by atoms with Gasteiger partial charge in [0.25, 0.3) is 0 Å². The number of hydrogen-bond donors (Lipinski definition) is 1. The molecule has 0 saturated heterocycles. The molecule has 0 unspecified atom stereocenters. The predicted molar refractivity (Wildman–Crippen MR) is 107 cm³/mol. The number of benzene rings is 2. The number of halogens is 1. The normalized spacial score (nSPS) is 15.9. The van der Waals surface area contributed by atoms with Crippen LogP contribution in [-0.2, 0) is 4.79 Å². The molecule has 1 aromatic heterocycles. The van der Waals surface area contributed by atoms with Crippen LogP contribution in [0.25, 0.3) is 11.1 Å². The minimum Gasteiger partial charge on any atom is -0.493 e. The van der Waals surface area contributed by atoms with Gasteiger partial charge in [0.15, 0.2) is 0 Å². The second-order valence-electron chi connectivity index (χ2n) is 6.59. The minimum absolute atomic E-state index is 0.0335. The summed E-state index contributed by atoms with van der Waals surface area (Å²) in [5.74, 6) is 0.443. The summed E-state index contributed by atoms with van der Waals surface area (Å²) in [6.45, 7) is 2.71. The third kappa shape index (κ3) is 3.47. The Kier molecular flexibility index (Phi) is 4.94. The molecule has 0 bridgehead atoms. The van der Waals surface area contributed by atoms with E-state index in [1.165, 1.54) is 12.1 Å². The van der Waals surface area contributed by atoms with Gasteiger partial charge in [0.1, 0.15) is 11.6 Å². The van der Waals surface area contributed by atoms with Crippen molar-refractivity contribution in [1.29, 1.82) is 0 Å². The molecule has 0 fully saturated rings. The van der Waals surface area contributed by atoms with Gasteiger partial charge < -0.3 is 10.1 Å². The van der Waals surface area contributed by atoms with Gasteiger partial charge in [-0.05, 0) is 30.2 Å². The van der Waals surface area contributed by atoms with E-state index in [4.69, 9.17) is 4.74 Å². The number of nitrogens with one attached hydrogen (secondary N) is 1. The van der Waals surface area contributed by atoms with E-state index in [0.717, 1.165) is 39.4 Å². The van der Waals surface area contributed by atoms with E-state index in [1.807, 2.05) is 35.7 Å². The van der Waals surface area contributed by atoms with Gasteiger partial charge in [-0.25, -0.2) is 4.39 Å². The third-order valence-electron chi connectivity index (χ3n) is 4.68. The standard InChI is InChI=1S/C22H20FNO2S/c1-2-10-26-19-9-4-3-8-16(19)17-12-20(25)24-21-18(13-27-22(17)21)14-6-5-7-15(23)11-14/h3-9,11,13,17H,2,10,12H2,1H3,(H,24,25)/t17-/m1/s1. The Hall–Kier alpha value is -2.66. The molecule has 0 saturated carbocycles. The largest absolute Gasteiger partial charge is 0.493 e. The minimum atomic E-state index is -0.288. The van der Waals surface area contributed by atoms with Gasteiger partial charge >= 0.3 is 0 Å². The number of carbonyl (C=O) groups excluding carboxylic acids is 1. The van der Waals surface area contributed by atoms with E-state index in [2.05, 4.69) is 12.2 Å². The lowest BCUT2D eigenvalue weighted by molar-refractivity contribution is -0.116. The van der Waals surface area contributed by atoms with Gasteiger partial charge in [-0.1, -0.05) is 37.3 Å². The lowest BCUT2D eigenvalue weighted by Gasteiger charge is -2.25. The van der Waals surface area contributed by atoms with Crippen LogP contribution in [0, 0.1) is 5.82 Å². The van der Waals surface area contributed by atoms with Crippen molar-refractivity contribution < 1.29 is 13.9 Å². The monoisotopic (exact) mass is 381 g/mol. The van der Waals surface area contributed by atoms with Crippen molar-refractivity contribution >= 4 is 22.9 Å². The summed E-state index contributed by atoms with van der Waals surface area (Å²) in [6.07, 6.45) is 1.30. The van der Waals surface area contributed by atoms with Gasteiger partial charge in [0.2, 0.25) is 5.91 Å². The zero-order valence-corrected chi connectivity index (χ0v) is 15.8. The SMILES string of the molecule is CCCOc1ccccc1[C@H]1CC(=O)Nc2c(-c3cccc(F)c3)csc21. The molecule has 138 valence electrons. The highest BCUT2D eigenvalue weighted by atomic mass is 32.1. The molecule has 0 aliphatic carbocycles. The number of para-hydroxylation sites is 1. The fourth-order valence-corrected chi connectivity index (χ4v) is 4.61. The highest BCUT2D eigenvalue weighted by Crippen LogP contribution is 2.48. The van der Waals surface area contributed by atoms with Crippen LogP contribution in [0.5, 0.6) is 5.75 Å². The molecule has 2 aromatic carbocycles. The van der Waals surface area contributed by atoms with E-state index in [1.54, 1.807) is 17.4 Å². The van der Waals surface area contributed by atoms with Crippen molar-refractivity contribution in [2.24, 2.45) is 0 Å². The maximum Gasteiger partial charge on any atom is 0.225 e. The Labute approximate surface area is 161 Å². The summed E-state index contributed by atoms with van der Waals surface area (Å²) >= 11 is 1.60. The third-order valence-corrected chi connectivity index (χ3v) is 5.78. The molecule has 27 heavy (non-hydrogen) atoms. The summed E-state index contributed by atoms with van der Waals surface area (Å²) in [7, 11) is 0. The quantitative estimate of drug-likeness (QED) is 0.605. The fraction of sp³-hybridized carbons (Fsp3) is 0.227. The molecule has 2 heterocycles. The Balaban J connectivity index is 1.78. The fourth-order valence-electron chi connectivity index (χ4n) is 3.46. The number of anilines is 1. The van der Waals surface area contributed by atoms with Gasteiger partial charge in [0.05, 0.1) is 12.3 Å². The average molecular weight is 381 g/mol. The highest BCUT2D eigenvalue weighted by Gasteiger charge is 2.32. The summed E-state index contributed by atoms with van der Waals surface area (Å²) < 4.78 is 19.6. The first-order valence-corrected chi connectivity index (χ1v) is 9.94. The molecule has 5 heteroatoms. The Morgan fingerprint density at radius 1 is 1.22 bits per heavy atom. The smallest absolute Gasteiger partial charge is 0.225 e. The van der Waals surface area contributed by atoms with E-state index in [0.29, 0.717) is 13.0 Å². The molecule has 0 spiro atoms. The lowest BCUT2D eigenvalue weighted by atomic mass is 9.88. The Morgan fingerprint density at radius 3 is 2.89 bits per heavy atom. The molecule has 1 atom stereocenters. The molecule has 0 radical (unpaired) electrons. The van der Waals surface area contributed by atoms with Gasteiger partial charge in [-0.2, -0.15) is 0 Å². The second kappa shape index (κ2) is 7.53. The Morgan fingerprint density at radius 2 is 2.07 bits per heavy atom. The number of amides is 1. The molecular weight excluding hydrogens is 361 g/mol. The van der Waals surface area contributed by atoms with E-state index >= 15 is 0 Å². The second-order valence-corrected chi connectivity index (χ2v) is 7.50. The topological polar surface area (TPSA) is 38.3 Å². The number of fused-ring (bicyclic) bond motifs is 1. The molecule has 1 amide bonds. The lowest BCUT2D eigenvalue weighted by Crippen LogP contribution is -2.22. The number of ether oxygens (including phenoxy) is 1. The van der Waals surface area contributed by atoms with Gasteiger partial charge in [-0.15, -0.1) is 11.3 Å². The van der Waals surface area contributed by atoms with E-state index in [9.17, 15) is 9.18 Å². The van der Waals surface area contributed by atoms with Crippen LogP contribution in [0.2, 0.25) is 0 Å². The van der Waals surface area contributed by atoms with Crippen LogP contribution < -0.4 is 10.1 Å². The van der Waals surface area contributed by atoms with Crippen LogP contribution in [0.4, 0.5) is 10.1 Å². The average Bonchev–Trinajstić information content (AvgIpc) is 3.09. The first kappa shape index (κ1) is 17.7. The molecule has 1 N–H and O–H groups in total. The maximum atomic E-state index is 13.7. The van der Waals surface area contributed by atoms with Crippen LogP contribution >= 0.6 is 11.3 Å². The van der Waals surface area contributed by atoms with Crippen molar-refractivity contribution in [2.75, 3.05) is 11.9 Å². The number of carbonyl (C=O) groups is 1. The first-order valence-electron chi connectivity index (χ1n) is 9.06. The van der Waals surface area contributed by atoms with Crippen LogP contribution in [0.3, 0.4) is 0 Å². The number of rotatable bonds is 5. The molecule has 3 aromatic rings. The summed E-state index contributed by atoms with van der Waals surface area (Å²) in [5, 5.41) is 4.99. The van der Waals surface area contributed by atoms with E-state index < -0.39 is 0 Å². The van der Waals surface area contributed by atoms with Crippen molar-refractivity contribution in [1.82, 2.24) is 0 Å². The summed E-state index contributed by atoms with van der Waals surface area (Å²) in [6, 6.07) is 14.4. The molecule has 1 aliphatic heterocycles. The molecular formula is C22H20FNO2S. The van der Waals surface area contributed by atoms with E-state index in [-0.39, 0.29) is 17.6 Å². The van der Waals surface area contributed by atoms with Crippen molar-refractivity contribution in [2.45, 2.75) is 25.7 Å². The van der Waals surface area contributed by atoms with Crippen molar-refractivity contribution in [3.63, 3.8) is 0 Å². The Bertz CT molecular complexity index is 982. The molecule has 1 aliphatic rings. The maximum absolute atomic E-state index is 13.7. The van der Waals surface area contributed by atoms with Crippen LogP contribution in [-0.4, -0.2) is 12.5 Å². The number of thiophene rings is 1. The van der Waals surface area contributed by atoms with Gasteiger partial charge in [0, 0.05) is 33.7 Å². The van der Waals surface area contributed by atoms with Crippen LogP contribution in [0.15, 0.2) is 53.9 Å². The van der Waals surface area contributed by atoms with Crippen molar-refractivity contribution in [3.05, 3.63) is 70.2 Å². The highest BCUT2D eigenvalue weighted by molar-refractivity contribution is 7.11. The predicted octanol–water partition coefficient (Wildman–Crippen LogP) is 5.82. The van der Waals surface area contributed by atoms with Crippen LogP contribution in [0.1, 0.15) is 36.1 Å². The number of hydrogen-bond acceptors (Lipinski definition) is 3. The zero-order chi connectivity index (χ0) is 18.8. The van der Waals surface area contributed by atoms with Gasteiger partial charge in [-0.3, -0.25) is 4.79 Å².